The standard InChI is InChI=1S/C23H26FN3O3/c24-19-5-2-1-4-17(19)10-11-25-21(28)8-9-22(29)26-13-16-12-18(15-26)20-6-3-7-23(30)27(20)14-16/h1-7,16,18H,8-15H2,(H,25,28)/t16-,18+/m0/s1. The molecule has 2 amide bonds. The molecule has 0 aliphatic carbocycles. The number of pyridine rings is 1. The monoisotopic (exact) mass is 411 g/mol. The molecule has 158 valence electrons. The molecule has 30 heavy (non-hydrogen) atoms. The molecule has 0 saturated carbocycles. The van der Waals surface area contributed by atoms with E-state index in [1.165, 1.54) is 6.07 Å². The van der Waals surface area contributed by atoms with Gasteiger partial charge in [0, 0.05) is 56.7 Å². The van der Waals surface area contributed by atoms with E-state index in [9.17, 15) is 18.8 Å². The van der Waals surface area contributed by atoms with Crippen molar-refractivity contribution in [2.75, 3.05) is 19.6 Å². The number of nitrogens with zero attached hydrogens (tertiary/aromatic N) is 2. The van der Waals surface area contributed by atoms with Crippen molar-refractivity contribution in [1.82, 2.24) is 14.8 Å². The highest BCUT2D eigenvalue weighted by atomic mass is 19.1. The van der Waals surface area contributed by atoms with Crippen LogP contribution in [0.15, 0.2) is 47.3 Å². The van der Waals surface area contributed by atoms with E-state index >= 15 is 0 Å². The summed E-state index contributed by atoms with van der Waals surface area (Å²) in [4.78, 5) is 38.7. The number of amides is 2. The number of carbonyl (C=O) groups is 2. The molecule has 3 heterocycles. The maximum atomic E-state index is 13.6. The van der Waals surface area contributed by atoms with Crippen LogP contribution in [-0.2, 0) is 22.6 Å². The van der Waals surface area contributed by atoms with Gasteiger partial charge in [-0.2, -0.15) is 0 Å². The van der Waals surface area contributed by atoms with Gasteiger partial charge in [0.05, 0.1) is 0 Å². The lowest BCUT2D eigenvalue weighted by atomic mass is 9.83. The predicted octanol–water partition coefficient (Wildman–Crippen LogP) is 2.07. The van der Waals surface area contributed by atoms with Crippen molar-refractivity contribution in [3.63, 3.8) is 0 Å². The lowest BCUT2D eigenvalue weighted by Crippen LogP contribution is -2.49. The number of fused-ring (bicyclic) bond motifs is 4. The van der Waals surface area contributed by atoms with E-state index in [-0.39, 0.29) is 47.9 Å². The van der Waals surface area contributed by atoms with E-state index in [0.717, 1.165) is 12.1 Å². The van der Waals surface area contributed by atoms with E-state index < -0.39 is 0 Å². The molecule has 6 nitrogen and oxygen atoms in total. The van der Waals surface area contributed by atoms with Crippen LogP contribution in [-0.4, -0.2) is 40.9 Å². The maximum absolute atomic E-state index is 13.6. The van der Waals surface area contributed by atoms with E-state index in [0.29, 0.717) is 38.2 Å². The fourth-order valence-corrected chi connectivity index (χ4v) is 4.60. The minimum Gasteiger partial charge on any atom is -0.356 e. The van der Waals surface area contributed by atoms with Crippen molar-refractivity contribution >= 4 is 11.8 Å². The third-order valence-electron chi connectivity index (χ3n) is 6.07. The highest BCUT2D eigenvalue weighted by Gasteiger charge is 2.36. The number of hydrogen-bond donors (Lipinski definition) is 1. The molecular weight excluding hydrogens is 385 g/mol. The van der Waals surface area contributed by atoms with Gasteiger partial charge >= 0.3 is 0 Å². The molecular formula is C23H26FN3O3. The summed E-state index contributed by atoms with van der Waals surface area (Å²) in [7, 11) is 0. The molecule has 0 unspecified atom stereocenters. The number of benzene rings is 1. The Balaban J connectivity index is 1.25. The number of piperidine rings is 1. The van der Waals surface area contributed by atoms with E-state index in [4.69, 9.17) is 0 Å². The Morgan fingerprint density at radius 3 is 2.70 bits per heavy atom. The molecule has 1 saturated heterocycles. The number of nitrogens with one attached hydrogen (secondary N) is 1. The molecule has 0 spiro atoms. The molecule has 7 heteroatoms. The fourth-order valence-electron chi connectivity index (χ4n) is 4.60. The lowest BCUT2D eigenvalue weighted by molar-refractivity contribution is -0.136. The van der Waals surface area contributed by atoms with E-state index in [2.05, 4.69) is 5.32 Å². The van der Waals surface area contributed by atoms with Crippen molar-refractivity contribution < 1.29 is 14.0 Å². The Hall–Kier alpha value is -2.96. The van der Waals surface area contributed by atoms with Gasteiger partial charge in [0.2, 0.25) is 11.8 Å². The fraction of sp³-hybridized carbons (Fsp3) is 0.435. The first-order chi connectivity index (χ1) is 14.5. The molecule has 2 bridgehead atoms. The SMILES string of the molecule is O=C(CCC(=O)N1C[C@@H]2C[C@H](C1)c1cccc(=O)n1C2)NCCc1ccccc1F. The van der Waals surface area contributed by atoms with Crippen molar-refractivity contribution in [3.05, 3.63) is 69.9 Å². The van der Waals surface area contributed by atoms with Crippen LogP contribution in [0.3, 0.4) is 0 Å². The molecule has 4 rings (SSSR count). The highest BCUT2D eigenvalue weighted by molar-refractivity contribution is 5.83. The van der Waals surface area contributed by atoms with E-state index in [1.807, 2.05) is 15.5 Å². The van der Waals surface area contributed by atoms with Gasteiger partial charge in [0.25, 0.3) is 5.56 Å². The number of aromatic nitrogens is 1. The Labute approximate surface area is 174 Å². The second-order valence-corrected chi connectivity index (χ2v) is 8.19. The van der Waals surface area contributed by atoms with Gasteiger partial charge < -0.3 is 14.8 Å². The van der Waals surface area contributed by atoms with Crippen LogP contribution in [0.4, 0.5) is 4.39 Å². The van der Waals surface area contributed by atoms with Crippen LogP contribution in [0, 0.1) is 11.7 Å². The zero-order chi connectivity index (χ0) is 21.1. The number of carbonyl (C=O) groups excluding carboxylic acids is 2. The highest BCUT2D eigenvalue weighted by Crippen LogP contribution is 2.35. The zero-order valence-corrected chi connectivity index (χ0v) is 16.9. The largest absolute Gasteiger partial charge is 0.356 e. The first-order valence-electron chi connectivity index (χ1n) is 10.5. The minimum absolute atomic E-state index is 0.0223. The topological polar surface area (TPSA) is 71.4 Å². The lowest BCUT2D eigenvalue weighted by Gasteiger charge is -2.42. The molecule has 0 radical (unpaired) electrons. The van der Waals surface area contributed by atoms with Crippen LogP contribution in [0.5, 0.6) is 0 Å². The summed E-state index contributed by atoms with van der Waals surface area (Å²) in [5, 5.41) is 2.76. The molecule has 1 aromatic carbocycles. The Kier molecular flexibility index (Phi) is 5.97. The normalized spacial score (nSPS) is 19.8. The van der Waals surface area contributed by atoms with Gasteiger partial charge in [-0.05, 0) is 36.5 Å². The van der Waals surface area contributed by atoms with Crippen LogP contribution in [0.2, 0.25) is 0 Å². The van der Waals surface area contributed by atoms with Gasteiger partial charge in [-0.1, -0.05) is 24.3 Å². The second kappa shape index (κ2) is 8.81. The Morgan fingerprint density at radius 1 is 1.03 bits per heavy atom. The zero-order valence-electron chi connectivity index (χ0n) is 16.9. The first kappa shape index (κ1) is 20.3. The summed E-state index contributed by atoms with van der Waals surface area (Å²) < 4.78 is 15.4. The third-order valence-corrected chi connectivity index (χ3v) is 6.07. The third kappa shape index (κ3) is 4.45. The van der Waals surface area contributed by atoms with Gasteiger partial charge in [-0.15, -0.1) is 0 Å². The smallest absolute Gasteiger partial charge is 0.250 e. The number of hydrogen-bond acceptors (Lipinski definition) is 3. The summed E-state index contributed by atoms with van der Waals surface area (Å²) in [6, 6.07) is 11.8. The Morgan fingerprint density at radius 2 is 1.87 bits per heavy atom. The van der Waals surface area contributed by atoms with Crippen LogP contribution in [0.25, 0.3) is 0 Å². The Bertz CT molecular complexity index is 1000. The quantitative estimate of drug-likeness (QED) is 0.791. The molecule has 2 atom stereocenters. The van der Waals surface area contributed by atoms with Crippen molar-refractivity contribution in [1.29, 1.82) is 0 Å². The molecule has 2 aliphatic rings. The summed E-state index contributed by atoms with van der Waals surface area (Å²) >= 11 is 0. The first-order valence-corrected chi connectivity index (χ1v) is 10.5. The average Bonchev–Trinajstić information content (AvgIpc) is 2.74. The van der Waals surface area contributed by atoms with Gasteiger partial charge in [-0.25, -0.2) is 4.39 Å². The summed E-state index contributed by atoms with van der Waals surface area (Å²) in [5.74, 6) is -0.0595. The van der Waals surface area contributed by atoms with Crippen molar-refractivity contribution in [3.8, 4) is 0 Å². The van der Waals surface area contributed by atoms with Gasteiger partial charge in [0.1, 0.15) is 5.82 Å². The summed E-state index contributed by atoms with van der Waals surface area (Å²) in [6.45, 7) is 2.21. The minimum atomic E-state index is -0.276. The van der Waals surface area contributed by atoms with Crippen LogP contribution >= 0.6 is 0 Å². The van der Waals surface area contributed by atoms with Gasteiger partial charge in [0.15, 0.2) is 0 Å². The average molecular weight is 411 g/mol. The van der Waals surface area contributed by atoms with Crippen molar-refractivity contribution in [2.24, 2.45) is 5.92 Å². The molecule has 1 fully saturated rings. The maximum Gasteiger partial charge on any atom is 0.250 e. The molecule has 2 aliphatic heterocycles. The van der Waals surface area contributed by atoms with Crippen LogP contribution in [0.1, 0.15) is 36.4 Å². The molecule has 2 aromatic rings. The number of halogens is 1. The van der Waals surface area contributed by atoms with Crippen molar-refractivity contribution in [2.45, 2.75) is 38.1 Å². The number of likely N-dealkylation sites (tertiary alicyclic amines) is 1. The van der Waals surface area contributed by atoms with Crippen LogP contribution < -0.4 is 10.9 Å². The van der Waals surface area contributed by atoms with E-state index in [1.54, 1.807) is 30.3 Å². The predicted molar refractivity (Wildman–Crippen MR) is 110 cm³/mol. The molecule has 1 aromatic heterocycles. The summed E-state index contributed by atoms with van der Waals surface area (Å²) in [6.07, 6.45) is 1.69. The number of rotatable bonds is 6. The van der Waals surface area contributed by atoms with Gasteiger partial charge in [-0.3, -0.25) is 14.4 Å². The second-order valence-electron chi connectivity index (χ2n) is 8.19. The molecule has 1 N–H and O–H groups in total. The summed E-state index contributed by atoms with van der Waals surface area (Å²) in [5.41, 5.74) is 1.59.